The summed E-state index contributed by atoms with van der Waals surface area (Å²) in [6.07, 6.45) is 0.919. The zero-order chi connectivity index (χ0) is 10.7. The van der Waals surface area contributed by atoms with Crippen molar-refractivity contribution >= 4 is 5.97 Å². The van der Waals surface area contributed by atoms with Crippen molar-refractivity contribution in [2.24, 2.45) is 0 Å². The van der Waals surface area contributed by atoms with Crippen LogP contribution in [0.2, 0.25) is 0 Å². The van der Waals surface area contributed by atoms with E-state index in [1.165, 1.54) is 6.07 Å². The topological polar surface area (TPSA) is 57.5 Å². The van der Waals surface area contributed by atoms with Crippen molar-refractivity contribution in [3.63, 3.8) is 0 Å². The lowest BCUT2D eigenvalue weighted by Crippen LogP contribution is -1.99. The molecule has 3 heteroatoms. The molecular weight excluding hydrogens is 180 g/mol. The number of hydrogen-bond acceptors (Lipinski definition) is 2. The average molecular weight is 194 g/mol. The minimum Gasteiger partial charge on any atom is -0.508 e. The van der Waals surface area contributed by atoms with Gasteiger partial charge in [-0.2, -0.15) is 0 Å². The fourth-order valence-electron chi connectivity index (χ4n) is 1.28. The van der Waals surface area contributed by atoms with E-state index >= 15 is 0 Å². The molecule has 1 aromatic carbocycles. The van der Waals surface area contributed by atoms with Gasteiger partial charge in [0.15, 0.2) is 0 Å². The van der Waals surface area contributed by atoms with E-state index in [0.717, 1.165) is 12.0 Å². The normalized spacial score (nSPS) is 12.4. The average Bonchev–Trinajstić information content (AvgIpc) is 2.15. The molecule has 0 bridgehead atoms. The second-order valence-electron chi connectivity index (χ2n) is 3.43. The second kappa shape index (κ2) is 4.13. The molecule has 76 valence electrons. The lowest BCUT2D eigenvalue weighted by molar-refractivity contribution is 0.0696. The van der Waals surface area contributed by atoms with Gasteiger partial charge in [-0.25, -0.2) is 4.79 Å². The molecule has 0 heterocycles. The Hall–Kier alpha value is -1.51. The Morgan fingerprint density at radius 1 is 1.43 bits per heavy atom. The standard InChI is InChI=1S/C11H14O3/c1-3-7(2)8-4-9(11(13)14)6-10(12)5-8/h4-7,12H,3H2,1-2H3,(H,13,14). The van der Waals surface area contributed by atoms with Gasteiger partial charge in [-0.3, -0.25) is 0 Å². The molecule has 0 aliphatic carbocycles. The summed E-state index contributed by atoms with van der Waals surface area (Å²) in [5.74, 6) is -0.731. The van der Waals surface area contributed by atoms with E-state index in [1.54, 1.807) is 12.1 Å². The van der Waals surface area contributed by atoms with Gasteiger partial charge in [0, 0.05) is 0 Å². The van der Waals surface area contributed by atoms with Gasteiger partial charge in [0.25, 0.3) is 0 Å². The van der Waals surface area contributed by atoms with Crippen molar-refractivity contribution in [3.8, 4) is 5.75 Å². The molecule has 0 radical (unpaired) electrons. The molecular formula is C11H14O3. The van der Waals surface area contributed by atoms with Crippen LogP contribution in [0.4, 0.5) is 0 Å². The van der Waals surface area contributed by atoms with E-state index < -0.39 is 5.97 Å². The maximum absolute atomic E-state index is 10.7. The van der Waals surface area contributed by atoms with Crippen LogP contribution in [0.25, 0.3) is 0 Å². The number of aromatic carboxylic acids is 1. The number of rotatable bonds is 3. The van der Waals surface area contributed by atoms with Crippen molar-refractivity contribution in [2.75, 3.05) is 0 Å². The number of benzene rings is 1. The van der Waals surface area contributed by atoms with E-state index in [-0.39, 0.29) is 17.2 Å². The number of carboxylic acids is 1. The molecule has 1 unspecified atom stereocenters. The molecule has 14 heavy (non-hydrogen) atoms. The van der Waals surface area contributed by atoms with Crippen LogP contribution in [-0.2, 0) is 0 Å². The molecule has 1 rings (SSSR count). The highest BCUT2D eigenvalue weighted by atomic mass is 16.4. The highest BCUT2D eigenvalue weighted by Gasteiger charge is 2.09. The first-order chi connectivity index (χ1) is 6.54. The molecule has 1 atom stereocenters. The molecule has 0 saturated carbocycles. The Morgan fingerprint density at radius 3 is 2.57 bits per heavy atom. The van der Waals surface area contributed by atoms with E-state index in [2.05, 4.69) is 0 Å². The van der Waals surface area contributed by atoms with E-state index in [4.69, 9.17) is 5.11 Å². The molecule has 2 N–H and O–H groups in total. The van der Waals surface area contributed by atoms with Crippen molar-refractivity contribution in [3.05, 3.63) is 29.3 Å². The molecule has 0 spiro atoms. The maximum atomic E-state index is 10.7. The lowest BCUT2D eigenvalue weighted by Gasteiger charge is -2.10. The fourth-order valence-corrected chi connectivity index (χ4v) is 1.28. The number of aromatic hydroxyl groups is 1. The summed E-state index contributed by atoms with van der Waals surface area (Å²) in [6, 6.07) is 4.48. The van der Waals surface area contributed by atoms with Crippen LogP contribution in [0.5, 0.6) is 5.75 Å². The smallest absolute Gasteiger partial charge is 0.335 e. The van der Waals surface area contributed by atoms with Gasteiger partial charge >= 0.3 is 5.97 Å². The molecule has 0 saturated heterocycles. The van der Waals surface area contributed by atoms with Gasteiger partial charge < -0.3 is 10.2 Å². The van der Waals surface area contributed by atoms with Crippen LogP contribution in [0.15, 0.2) is 18.2 Å². The summed E-state index contributed by atoms with van der Waals surface area (Å²) in [4.78, 5) is 10.7. The van der Waals surface area contributed by atoms with Crippen LogP contribution in [-0.4, -0.2) is 16.2 Å². The third-order valence-corrected chi connectivity index (χ3v) is 2.37. The summed E-state index contributed by atoms with van der Waals surface area (Å²) in [7, 11) is 0. The predicted octanol–water partition coefficient (Wildman–Crippen LogP) is 2.60. The Balaban J connectivity index is 3.13. The van der Waals surface area contributed by atoms with Crippen molar-refractivity contribution in [1.82, 2.24) is 0 Å². The monoisotopic (exact) mass is 194 g/mol. The lowest BCUT2D eigenvalue weighted by atomic mass is 9.96. The van der Waals surface area contributed by atoms with E-state index in [1.807, 2.05) is 13.8 Å². The van der Waals surface area contributed by atoms with Gasteiger partial charge in [0.05, 0.1) is 5.56 Å². The summed E-state index contributed by atoms with van der Waals surface area (Å²) >= 11 is 0. The highest BCUT2D eigenvalue weighted by Crippen LogP contribution is 2.24. The number of carboxylic acid groups (broad SMARTS) is 1. The zero-order valence-corrected chi connectivity index (χ0v) is 8.32. The molecule has 0 fully saturated rings. The Morgan fingerprint density at radius 2 is 2.07 bits per heavy atom. The highest BCUT2D eigenvalue weighted by molar-refractivity contribution is 5.88. The maximum Gasteiger partial charge on any atom is 0.335 e. The van der Waals surface area contributed by atoms with Crippen LogP contribution in [0.3, 0.4) is 0 Å². The largest absolute Gasteiger partial charge is 0.508 e. The summed E-state index contributed by atoms with van der Waals surface area (Å²) in [5, 5.41) is 18.1. The minimum atomic E-state index is -1.01. The van der Waals surface area contributed by atoms with Crippen LogP contribution < -0.4 is 0 Å². The number of carbonyl (C=O) groups is 1. The number of phenols is 1. The van der Waals surface area contributed by atoms with Gasteiger partial charge in [-0.1, -0.05) is 13.8 Å². The molecule has 0 aliphatic rings. The number of phenolic OH excluding ortho intramolecular Hbond substituents is 1. The van der Waals surface area contributed by atoms with Crippen LogP contribution in [0, 0.1) is 0 Å². The molecule has 0 amide bonds. The summed E-state index contributed by atoms with van der Waals surface area (Å²) < 4.78 is 0. The van der Waals surface area contributed by atoms with E-state index in [0.29, 0.717) is 0 Å². The molecule has 1 aromatic rings. The van der Waals surface area contributed by atoms with Crippen LogP contribution >= 0.6 is 0 Å². The first-order valence-electron chi connectivity index (χ1n) is 4.61. The summed E-state index contributed by atoms with van der Waals surface area (Å²) in [6.45, 7) is 4.02. The second-order valence-corrected chi connectivity index (χ2v) is 3.43. The van der Waals surface area contributed by atoms with Crippen molar-refractivity contribution in [2.45, 2.75) is 26.2 Å². The van der Waals surface area contributed by atoms with Gasteiger partial charge in [0.2, 0.25) is 0 Å². The molecule has 3 nitrogen and oxygen atoms in total. The third kappa shape index (κ3) is 2.25. The zero-order valence-electron chi connectivity index (χ0n) is 8.32. The van der Waals surface area contributed by atoms with Crippen molar-refractivity contribution in [1.29, 1.82) is 0 Å². The molecule has 0 aromatic heterocycles. The molecule has 0 aliphatic heterocycles. The SMILES string of the molecule is CCC(C)c1cc(O)cc(C(=O)O)c1. The Bertz CT molecular complexity index is 344. The van der Waals surface area contributed by atoms with Gasteiger partial charge in [0.1, 0.15) is 5.75 Å². The minimum absolute atomic E-state index is 0.0141. The fraction of sp³-hybridized carbons (Fsp3) is 0.364. The third-order valence-electron chi connectivity index (χ3n) is 2.37. The predicted molar refractivity (Wildman–Crippen MR) is 53.8 cm³/mol. The Labute approximate surface area is 83.0 Å². The van der Waals surface area contributed by atoms with Gasteiger partial charge in [-0.05, 0) is 36.1 Å². The quantitative estimate of drug-likeness (QED) is 0.777. The van der Waals surface area contributed by atoms with Crippen molar-refractivity contribution < 1.29 is 15.0 Å². The first-order valence-corrected chi connectivity index (χ1v) is 4.61. The van der Waals surface area contributed by atoms with Crippen LogP contribution in [0.1, 0.15) is 42.1 Å². The first kappa shape index (κ1) is 10.6. The summed E-state index contributed by atoms with van der Waals surface area (Å²) in [5.41, 5.74) is 1.00. The van der Waals surface area contributed by atoms with Gasteiger partial charge in [-0.15, -0.1) is 0 Å². The number of hydrogen-bond donors (Lipinski definition) is 2. The Kier molecular flexibility index (Phi) is 3.12. The van der Waals surface area contributed by atoms with E-state index in [9.17, 15) is 9.90 Å².